The van der Waals surface area contributed by atoms with Crippen LogP contribution in [0, 0.1) is 5.92 Å². The van der Waals surface area contributed by atoms with Gasteiger partial charge in [-0.05, 0) is 12.5 Å². The topological polar surface area (TPSA) is 75.6 Å². The van der Waals surface area contributed by atoms with Crippen molar-refractivity contribution in [3.8, 4) is 0 Å². The lowest BCUT2D eigenvalue weighted by molar-refractivity contribution is -0.150. The molecule has 2 N–H and O–H groups in total. The van der Waals surface area contributed by atoms with E-state index in [-0.39, 0.29) is 30.9 Å². The average molecular weight is 263 g/mol. The molecule has 102 valence electrons. The first-order chi connectivity index (χ1) is 9.08. The van der Waals surface area contributed by atoms with Crippen LogP contribution in [-0.2, 0) is 20.9 Å². The Morgan fingerprint density at radius 1 is 1.42 bits per heavy atom. The zero-order chi connectivity index (χ0) is 13.8. The van der Waals surface area contributed by atoms with Gasteiger partial charge in [0, 0.05) is 0 Å². The summed E-state index contributed by atoms with van der Waals surface area (Å²) in [5.41, 5.74) is 0.917. The third kappa shape index (κ3) is 3.32. The maximum atomic E-state index is 11.6. The first-order valence-electron chi connectivity index (χ1n) is 6.26. The molecular formula is C14H17NO4. The molecule has 1 aliphatic rings. The smallest absolute Gasteiger partial charge is 0.308 e. The van der Waals surface area contributed by atoms with E-state index in [0.29, 0.717) is 0 Å². The van der Waals surface area contributed by atoms with Crippen LogP contribution in [-0.4, -0.2) is 29.1 Å². The Balaban J connectivity index is 1.78. The van der Waals surface area contributed by atoms with Crippen LogP contribution >= 0.6 is 0 Å². The molecule has 1 amide bonds. The molecule has 1 aliphatic heterocycles. The number of aliphatic hydroxyl groups excluding tert-OH is 1. The van der Waals surface area contributed by atoms with E-state index in [9.17, 15) is 14.7 Å². The summed E-state index contributed by atoms with van der Waals surface area (Å²) in [7, 11) is 0. The molecule has 0 bridgehead atoms. The third-order valence-corrected chi connectivity index (χ3v) is 3.21. The summed E-state index contributed by atoms with van der Waals surface area (Å²) in [5.74, 6) is -1.10. The number of ether oxygens (including phenoxy) is 1. The number of hydrogen-bond acceptors (Lipinski definition) is 4. The monoisotopic (exact) mass is 263 g/mol. The number of nitrogens with one attached hydrogen (secondary N) is 1. The molecular weight excluding hydrogens is 246 g/mol. The van der Waals surface area contributed by atoms with Crippen LogP contribution in [0.1, 0.15) is 18.9 Å². The Kier molecular flexibility index (Phi) is 4.16. The van der Waals surface area contributed by atoms with E-state index in [4.69, 9.17) is 4.74 Å². The van der Waals surface area contributed by atoms with E-state index in [1.165, 1.54) is 0 Å². The van der Waals surface area contributed by atoms with Crippen LogP contribution in [0.2, 0.25) is 0 Å². The number of rotatable bonds is 5. The molecule has 19 heavy (non-hydrogen) atoms. The molecule has 1 heterocycles. The minimum absolute atomic E-state index is 0.0914. The number of aliphatic hydroxyl groups is 1. The van der Waals surface area contributed by atoms with Crippen molar-refractivity contribution >= 4 is 11.9 Å². The van der Waals surface area contributed by atoms with Crippen LogP contribution in [0.15, 0.2) is 30.3 Å². The van der Waals surface area contributed by atoms with E-state index in [0.717, 1.165) is 5.56 Å². The highest BCUT2D eigenvalue weighted by Gasteiger charge is 2.43. The Hall–Kier alpha value is -1.88. The third-order valence-electron chi connectivity index (χ3n) is 3.21. The SMILES string of the molecule is C[C@H](O)[C@H]1C(=O)N[C@@H]1CC(=O)OCc1ccccc1. The minimum atomic E-state index is -0.749. The number of amides is 1. The fourth-order valence-electron chi connectivity index (χ4n) is 2.17. The van der Waals surface area contributed by atoms with Crippen LogP contribution < -0.4 is 5.32 Å². The summed E-state index contributed by atoms with van der Waals surface area (Å²) in [6, 6.07) is 9.06. The standard InChI is InChI=1S/C14H17NO4/c1-9(16)13-11(15-14(13)18)7-12(17)19-8-10-5-3-2-4-6-10/h2-6,9,11,13,16H,7-8H2,1H3,(H,15,18)/t9-,11+,13+/m0/s1. The van der Waals surface area contributed by atoms with Gasteiger partial charge in [-0.15, -0.1) is 0 Å². The van der Waals surface area contributed by atoms with Gasteiger partial charge in [0.1, 0.15) is 6.61 Å². The van der Waals surface area contributed by atoms with Gasteiger partial charge in [-0.3, -0.25) is 9.59 Å². The molecule has 0 unspecified atom stereocenters. The average Bonchev–Trinajstić information content (AvgIpc) is 2.36. The molecule has 5 nitrogen and oxygen atoms in total. The Labute approximate surface area is 111 Å². The van der Waals surface area contributed by atoms with Crippen molar-refractivity contribution in [2.75, 3.05) is 0 Å². The highest BCUT2D eigenvalue weighted by molar-refractivity contribution is 5.88. The van der Waals surface area contributed by atoms with Gasteiger partial charge in [-0.2, -0.15) is 0 Å². The zero-order valence-corrected chi connectivity index (χ0v) is 10.7. The summed E-state index contributed by atoms with van der Waals surface area (Å²) >= 11 is 0. The molecule has 5 heteroatoms. The van der Waals surface area contributed by atoms with E-state index in [1.807, 2.05) is 30.3 Å². The van der Waals surface area contributed by atoms with Gasteiger partial charge in [-0.1, -0.05) is 30.3 Å². The van der Waals surface area contributed by atoms with E-state index in [1.54, 1.807) is 6.92 Å². The molecule has 0 aromatic heterocycles. The number of carbonyl (C=O) groups excluding carboxylic acids is 2. The minimum Gasteiger partial charge on any atom is -0.461 e. The van der Waals surface area contributed by atoms with E-state index in [2.05, 4.69) is 5.32 Å². The Bertz CT molecular complexity index is 458. The lowest BCUT2D eigenvalue weighted by Crippen LogP contribution is -2.62. The molecule has 3 atom stereocenters. The molecule has 0 saturated carbocycles. The molecule has 0 aliphatic carbocycles. The van der Waals surface area contributed by atoms with Crippen molar-refractivity contribution < 1.29 is 19.4 Å². The molecule has 1 aromatic rings. The van der Waals surface area contributed by atoms with Crippen LogP contribution in [0.5, 0.6) is 0 Å². The van der Waals surface area contributed by atoms with E-state index >= 15 is 0 Å². The van der Waals surface area contributed by atoms with Crippen LogP contribution in [0.3, 0.4) is 0 Å². The van der Waals surface area contributed by atoms with Crippen LogP contribution in [0.25, 0.3) is 0 Å². The summed E-state index contributed by atoms with van der Waals surface area (Å²) in [6.45, 7) is 1.77. The molecule has 1 fully saturated rings. The Morgan fingerprint density at radius 3 is 2.68 bits per heavy atom. The lowest BCUT2D eigenvalue weighted by Gasteiger charge is -2.37. The Morgan fingerprint density at radius 2 is 2.11 bits per heavy atom. The number of carbonyl (C=O) groups is 2. The number of benzene rings is 1. The summed E-state index contributed by atoms with van der Waals surface area (Å²) in [5, 5.41) is 12.0. The second-order valence-electron chi connectivity index (χ2n) is 4.73. The molecule has 0 spiro atoms. The van der Waals surface area contributed by atoms with Gasteiger partial charge in [0.2, 0.25) is 5.91 Å². The van der Waals surface area contributed by atoms with Gasteiger partial charge in [-0.25, -0.2) is 0 Å². The normalized spacial score (nSPS) is 23.2. The fraction of sp³-hybridized carbons (Fsp3) is 0.429. The maximum absolute atomic E-state index is 11.6. The van der Waals surface area contributed by atoms with Crippen LogP contribution in [0.4, 0.5) is 0 Å². The van der Waals surface area contributed by atoms with Gasteiger partial charge < -0.3 is 15.2 Å². The second kappa shape index (κ2) is 5.84. The summed E-state index contributed by atoms with van der Waals surface area (Å²) in [4.78, 5) is 22.9. The zero-order valence-electron chi connectivity index (χ0n) is 10.7. The first-order valence-corrected chi connectivity index (χ1v) is 6.26. The quantitative estimate of drug-likeness (QED) is 0.603. The highest BCUT2D eigenvalue weighted by atomic mass is 16.5. The van der Waals surface area contributed by atoms with Gasteiger partial charge in [0.25, 0.3) is 0 Å². The predicted molar refractivity (Wildman–Crippen MR) is 68.0 cm³/mol. The van der Waals surface area contributed by atoms with Crippen molar-refractivity contribution in [2.45, 2.75) is 32.1 Å². The summed E-state index contributed by atoms with van der Waals surface area (Å²) in [6.07, 6.45) is -0.658. The predicted octanol–water partition coefficient (Wildman–Crippen LogP) is 0.615. The highest BCUT2D eigenvalue weighted by Crippen LogP contribution is 2.22. The number of esters is 1. The van der Waals surface area contributed by atoms with E-state index < -0.39 is 12.0 Å². The first kappa shape index (κ1) is 13.5. The van der Waals surface area contributed by atoms with Gasteiger partial charge in [0.15, 0.2) is 0 Å². The van der Waals surface area contributed by atoms with Crippen molar-refractivity contribution in [1.29, 1.82) is 0 Å². The van der Waals surface area contributed by atoms with Crippen molar-refractivity contribution in [2.24, 2.45) is 5.92 Å². The number of β-lactam (4-membered cyclic amide) rings is 1. The van der Waals surface area contributed by atoms with Gasteiger partial charge >= 0.3 is 5.97 Å². The van der Waals surface area contributed by atoms with Crippen molar-refractivity contribution in [3.05, 3.63) is 35.9 Å². The summed E-state index contributed by atoms with van der Waals surface area (Å²) < 4.78 is 5.13. The molecule has 0 radical (unpaired) electrons. The maximum Gasteiger partial charge on any atom is 0.308 e. The van der Waals surface area contributed by atoms with Crippen molar-refractivity contribution in [3.63, 3.8) is 0 Å². The lowest BCUT2D eigenvalue weighted by atomic mass is 9.84. The second-order valence-corrected chi connectivity index (χ2v) is 4.73. The largest absolute Gasteiger partial charge is 0.461 e. The molecule has 1 saturated heterocycles. The van der Waals surface area contributed by atoms with Crippen molar-refractivity contribution in [1.82, 2.24) is 5.32 Å². The number of hydrogen-bond donors (Lipinski definition) is 2. The molecule has 2 rings (SSSR count). The van der Waals surface area contributed by atoms with Gasteiger partial charge in [0.05, 0.1) is 24.5 Å². The molecule has 1 aromatic carbocycles. The fourth-order valence-corrected chi connectivity index (χ4v) is 2.17.